The van der Waals surface area contributed by atoms with Gasteiger partial charge in [0.05, 0.1) is 6.61 Å². The van der Waals surface area contributed by atoms with Gasteiger partial charge < -0.3 is 30.3 Å². The maximum atomic E-state index is 10.8. The minimum absolute atomic E-state index is 0.0835. The third-order valence-electron chi connectivity index (χ3n) is 5.21. The summed E-state index contributed by atoms with van der Waals surface area (Å²) in [5.41, 5.74) is 0. The lowest BCUT2D eigenvalue weighted by Gasteiger charge is -2.48. The smallest absolute Gasteiger partial charge is 0.246 e. The molecule has 0 radical (unpaired) electrons. The number of rotatable bonds is 4. The first kappa shape index (κ1) is 19.4. The van der Waals surface area contributed by atoms with Crippen molar-refractivity contribution in [2.24, 2.45) is 17.8 Å². The summed E-state index contributed by atoms with van der Waals surface area (Å²) in [6.07, 6.45) is -2.65. The van der Waals surface area contributed by atoms with Crippen LogP contribution < -0.4 is 0 Å². The Labute approximate surface area is 141 Å². The van der Waals surface area contributed by atoms with E-state index in [4.69, 9.17) is 4.74 Å². The Morgan fingerprint density at radius 1 is 1.17 bits per heavy atom. The molecule has 136 valence electrons. The lowest BCUT2D eigenvalue weighted by molar-refractivity contribution is -0.305. The first-order valence-corrected chi connectivity index (χ1v) is 9.30. The summed E-state index contributed by atoms with van der Waals surface area (Å²) in [7, 11) is 0. The number of hydrogen-bond donors (Lipinski definition) is 5. The van der Waals surface area contributed by atoms with Gasteiger partial charge in [-0.05, 0) is 30.6 Å². The number of hydrogen-bond acceptors (Lipinski definition) is 7. The Morgan fingerprint density at radius 2 is 1.83 bits per heavy atom. The molecule has 0 aromatic rings. The summed E-state index contributed by atoms with van der Waals surface area (Å²) in [5, 5.41) is 48.1. The molecule has 1 unspecified atom stereocenters. The van der Waals surface area contributed by atoms with Crippen molar-refractivity contribution >= 4 is 11.8 Å². The third-order valence-corrected chi connectivity index (χ3v) is 6.73. The van der Waals surface area contributed by atoms with Crippen molar-refractivity contribution in [1.82, 2.24) is 0 Å². The first-order valence-electron chi connectivity index (χ1n) is 8.42. The van der Waals surface area contributed by atoms with Gasteiger partial charge in [-0.1, -0.05) is 39.0 Å². The van der Waals surface area contributed by atoms with Gasteiger partial charge >= 0.3 is 0 Å². The van der Waals surface area contributed by atoms with Gasteiger partial charge in [0, 0.05) is 5.25 Å². The standard InChI is InChI=1S/C16H30O6S/c1-8(2)10-5-4-9(3)6-12(10)23-16(21)15(20)14(19)13(18)11(7-17)22-16/h8-15,17-21H,4-7H2,1-3H3/t9-,10+,11-,12+,13+,14+,15-,16?/m1/s1. The zero-order valence-corrected chi connectivity index (χ0v) is 14.8. The van der Waals surface area contributed by atoms with Crippen molar-refractivity contribution in [3.05, 3.63) is 0 Å². The van der Waals surface area contributed by atoms with Crippen LogP contribution in [0, 0.1) is 17.8 Å². The van der Waals surface area contributed by atoms with E-state index in [1.165, 1.54) is 0 Å². The molecule has 23 heavy (non-hydrogen) atoms. The van der Waals surface area contributed by atoms with Crippen LogP contribution in [0.15, 0.2) is 0 Å². The van der Waals surface area contributed by atoms with Crippen LogP contribution >= 0.6 is 11.8 Å². The van der Waals surface area contributed by atoms with Crippen LogP contribution in [0.25, 0.3) is 0 Å². The summed E-state index contributed by atoms with van der Waals surface area (Å²) >= 11 is 1.12. The molecule has 6 nitrogen and oxygen atoms in total. The Morgan fingerprint density at radius 3 is 2.39 bits per heavy atom. The number of aliphatic hydroxyl groups is 5. The van der Waals surface area contributed by atoms with Gasteiger partial charge in [-0.15, -0.1) is 0 Å². The molecule has 1 heterocycles. The second kappa shape index (κ2) is 7.56. The molecule has 0 spiro atoms. The minimum Gasteiger partial charge on any atom is -0.394 e. The zero-order valence-electron chi connectivity index (χ0n) is 14.0. The zero-order chi connectivity index (χ0) is 17.4. The molecule has 1 aliphatic carbocycles. The van der Waals surface area contributed by atoms with Gasteiger partial charge in [0.25, 0.3) is 0 Å². The normalized spacial score (nSPS) is 48.7. The van der Waals surface area contributed by atoms with E-state index in [0.717, 1.165) is 31.0 Å². The Bertz CT molecular complexity index is 393. The van der Waals surface area contributed by atoms with Crippen LogP contribution in [0.3, 0.4) is 0 Å². The van der Waals surface area contributed by atoms with E-state index in [9.17, 15) is 25.5 Å². The molecule has 8 atom stereocenters. The van der Waals surface area contributed by atoms with Gasteiger partial charge in [-0.25, -0.2) is 0 Å². The minimum atomic E-state index is -2.03. The molecule has 1 aliphatic heterocycles. The lowest BCUT2D eigenvalue weighted by Crippen LogP contribution is -2.64. The van der Waals surface area contributed by atoms with Crippen molar-refractivity contribution in [3.63, 3.8) is 0 Å². The van der Waals surface area contributed by atoms with Gasteiger partial charge in [0.2, 0.25) is 5.12 Å². The largest absolute Gasteiger partial charge is 0.394 e. The van der Waals surface area contributed by atoms with Crippen LogP contribution in [0.4, 0.5) is 0 Å². The van der Waals surface area contributed by atoms with Crippen molar-refractivity contribution in [1.29, 1.82) is 0 Å². The Hall–Kier alpha value is 0.110. The summed E-state index contributed by atoms with van der Waals surface area (Å²) in [5.74, 6) is 1.34. The topological polar surface area (TPSA) is 110 Å². The van der Waals surface area contributed by atoms with Crippen molar-refractivity contribution < 1.29 is 30.3 Å². The highest BCUT2D eigenvalue weighted by molar-refractivity contribution is 8.01. The van der Waals surface area contributed by atoms with Crippen LogP contribution in [0.5, 0.6) is 0 Å². The highest BCUT2D eigenvalue weighted by Gasteiger charge is 2.54. The molecule has 2 aliphatic rings. The van der Waals surface area contributed by atoms with Gasteiger partial charge in [0.1, 0.15) is 24.4 Å². The molecule has 1 saturated carbocycles. The fourth-order valence-corrected chi connectivity index (χ4v) is 5.63. The number of thioether (sulfide) groups is 1. The summed E-state index contributed by atoms with van der Waals surface area (Å²) in [6.45, 7) is 5.92. The molecular formula is C16H30O6S. The molecule has 0 amide bonds. The average Bonchev–Trinajstić information content (AvgIpc) is 2.49. The molecule has 1 saturated heterocycles. The van der Waals surface area contributed by atoms with E-state index < -0.39 is 36.1 Å². The predicted molar refractivity (Wildman–Crippen MR) is 87.7 cm³/mol. The van der Waals surface area contributed by atoms with Crippen molar-refractivity contribution in [2.75, 3.05) is 6.61 Å². The molecular weight excluding hydrogens is 320 g/mol. The summed E-state index contributed by atoms with van der Waals surface area (Å²) in [6, 6.07) is 0. The maximum Gasteiger partial charge on any atom is 0.246 e. The van der Waals surface area contributed by atoms with Crippen LogP contribution in [-0.4, -0.2) is 66.9 Å². The fourth-order valence-electron chi connectivity index (χ4n) is 3.69. The highest BCUT2D eigenvalue weighted by atomic mass is 32.2. The lowest BCUT2D eigenvalue weighted by atomic mass is 9.77. The van der Waals surface area contributed by atoms with E-state index in [2.05, 4.69) is 20.8 Å². The second-order valence-corrected chi connectivity index (χ2v) is 8.80. The maximum absolute atomic E-state index is 10.8. The fraction of sp³-hybridized carbons (Fsp3) is 1.00. The molecule has 2 rings (SSSR count). The molecule has 0 bridgehead atoms. The Balaban J connectivity index is 2.17. The van der Waals surface area contributed by atoms with Crippen LogP contribution in [-0.2, 0) is 4.74 Å². The first-order chi connectivity index (χ1) is 10.7. The Kier molecular flexibility index (Phi) is 6.39. The highest BCUT2D eigenvalue weighted by Crippen LogP contribution is 2.47. The quantitative estimate of drug-likeness (QED) is 0.464. The van der Waals surface area contributed by atoms with E-state index in [-0.39, 0.29) is 5.25 Å². The molecule has 0 aromatic carbocycles. The SMILES string of the molecule is CC(C)[C@@H]1CC[C@@H](C)C[C@@H]1SC1(O)O[C@H](CO)[C@H](O)[C@H](O)[C@H]1O. The van der Waals surface area contributed by atoms with E-state index >= 15 is 0 Å². The van der Waals surface area contributed by atoms with Crippen molar-refractivity contribution in [3.8, 4) is 0 Å². The van der Waals surface area contributed by atoms with E-state index in [1.54, 1.807) is 0 Å². The predicted octanol–water partition coefficient (Wildman–Crippen LogP) is 0.300. The monoisotopic (exact) mass is 350 g/mol. The number of ether oxygens (including phenoxy) is 1. The van der Waals surface area contributed by atoms with Gasteiger partial charge in [-0.2, -0.15) is 0 Å². The molecule has 2 fully saturated rings. The molecule has 5 N–H and O–H groups in total. The number of aliphatic hydroxyl groups excluding tert-OH is 4. The van der Waals surface area contributed by atoms with E-state index in [0.29, 0.717) is 17.8 Å². The third kappa shape index (κ3) is 4.03. The van der Waals surface area contributed by atoms with Crippen LogP contribution in [0.2, 0.25) is 0 Å². The average molecular weight is 350 g/mol. The van der Waals surface area contributed by atoms with Crippen molar-refractivity contribution in [2.45, 2.75) is 74.8 Å². The summed E-state index contributed by atoms with van der Waals surface area (Å²) < 4.78 is 5.39. The van der Waals surface area contributed by atoms with Gasteiger partial charge in [-0.3, -0.25) is 0 Å². The van der Waals surface area contributed by atoms with Gasteiger partial charge in [0.15, 0.2) is 0 Å². The molecule has 0 aromatic heterocycles. The van der Waals surface area contributed by atoms with Crippen LogP contribution in [0.1, 0.15) is 40.0 Å². The molecule has 7 heteroatoms. The second-order valence-electron chi connectivity index (χ2n) is 7.38. The summed E-state index contributed by atoms with van der Waals surface area (Å²) in [4.78, 5) is 0. The van der Waals surface area contributed by atoms with E-state index in [1.807, 2.05) is 0 Å².